The summed E-state index contributed by atoms with van der Waals surface area (Å²) < 4.78 is 0. The number of benzene rings is 2. The molecule has 7 heteroatoms. The zero-order valence-electron chi connectivity index (χ0n) is 17.6. The van der Waals surface area contributed by atoms with E-state index in [1.807, 2.05) is 62.6 Å². The van der Waals surface area contributed by atoms with Gasteiger partial charge in [0.05, 0.1) is 23.3 Å². The van der Waals surface area contributed by atoms with Crippen molar-refractivity contribution in [1.29, 1.82) is 10.5 Å². The molecule has 2 amide bonds. The normalized spacial score (nSPS) is 10.5. The summed E-state index contributed by atoms with van der Waals surface area (Å²) in [6.07, 6.45) is 0. The molecule has 0 fully saturated rings. The molecule has 0 aliphatic heterocycles. The van der Waals surface area contributed by atoms with Crippen molar-refractivity contribution in [3.63, 3.8) is 0 Å². The van der Waals surface area contributed by atoms with Crippen LogP contribution in [-0.4, -0.2) is 56.1 Å². The predicted molar refractivity (Wildman–Crippen MR) is 116 cm³/mol. The monoisotopic (exact) mass is 404 g/mol. The molecule has 2 rings (SSSR count). The fourth-order valence-corrected chi connectivity index (χ4v) is 2.93. The van der Waals surface area contributed by atoms with Crippen molar-refractivity contribution >= 4 is 6.03 Å². The van der Waals surface area contributed by atoms with E-state index in [-0.39, 0.29) is 6.03 Å². The molecule has 0 aliphatic rings. The second kappa shape index (κ2) is 12.2. The van der Waals surface area contributed by atoms with Crippen molar-refractivity contribution in [1.82, 2.24) is 20.4 Å². The van der Waals surface area contributed by atoms with E-state index in [2.05, 4.69) is 32.6 Å². The smallest absolute Gasteiger partial charge is 0.314 e. The van der Waals surface area contributed by atoms with E-state index in [1.165, 1.54) is 0 Å². The first-order valence-electron chi connectivity index (χ1n) is 9.87. The van der Waals surface area contributed by atoms with Crippen LogP contribution in [0.25, 0.3) is 0 Å². The van der Waals surface area contributed by atoms with Crippen LogP contribution in [0, 0.1) is 22.7 Å². The summed E-state index contributed by atoms with van der Waals surface area (Å²) in [5.74, 6) is 0. The van der Waals surface area contributed by atoms with Crippen LogP contribution in [0.5, 0.6) is 0 Å². The van der Waals surface area contributed by atoms with Crippen molar-refractivity contribution in [2.24, 2.45) is 0 Å². The molecule has 2 N–H and O–H groups in total. The van der Waals surface area contributed by atoms with E-state index >= 15 is 0 Å². The average molecular weight is 405 g/mol. The summed E-state index contributed by atoms with van der Waals surface area (Å²) in [5, 5.41) is 23.4. The van der Waals surface area contributed by atoms with E-state index in [0.29, 0.717) is 24.2 Å². The highest BCUT2D eigenvalue weighted by molar-refractivity contribution is 5.73. The Labute approximate surface area is 178 Å². The minimum absolute atomic E-state index is 0.173. The first-order chi connectivity index (χ1) is 14.5. The second-order valence-corrected chi connectivity index (χ2v) is 7.28. The zero-order valence-corrected chi connectivity index (χ0v) is 17.6. The number of hydrogen-bond donors (Lipinski definition) is 2. The van der Waals surface area contributed by atoms with E-state index in [0.717, 1.165) is 37.3 Å². The third-order valence-electron chi connectivity index (χ3n) is 4.63. The lowest BCUT2D eigenvalue weighted by molar-refractivity contribution is 0.235. The molecule has 0 radical (unpaired) electrons. The van der Waals surface area contributed by atoms with E-state index < -0.39 is 0 Å². The summed E-state index contributed by atoms with van der Waals surface area (Å²) in [7, 11) is 3.99. The van der Waals surface area contributed by atoms with Gasteiger partial charge in [-0.1, -0.05) is 24.3 Å². The number of nitrogens with one attached hydrogen (secondary N) is 2. The van der Waals surface area contributed by atoms with Crippen LogP contribution in [0.2, 0.25) is 0 Å². The Morgan fingerprint density at radius 2 is 1.13 bits per heavy atom. The summed E-state index contributed by atoms with van der Waals surface area (Å²) in [6.45, 7) is 4.09. The summed E-state index contributed by atoms with van der Waals surface area (Å²) >= 11 is 0. The number of carbonyl (C=O) groups excluding carboxylic acids is 1. The van der Waals surface area contributed by atoms with Gasteiger partial charge in [-0.05, 0) is 49.5 Å². The molecule has 0 aromatic heterocycles. The van der Waals surface area contributed by atoms with Gasteiger partial charge in [0, 0.05) is 39.3 Å². The largest absolute Gasteiger partial charge is 0.337 e. The molecule has 0 unspecified atom stereocenters. The number of hydrogen-bond acceptors (Lipinski definition) is 5. The highest BCUT2D eigenvalue weighted by Crippen LogP contribution is 2.06. The molecular formula is C23H28N6O. The van der Waals surface area contributed by atoms with Gasteiger partial charge in [-0.15, -0.1) is 0 Å². The molecular weight excluding hydrogens is 376 g/mol. The first-order valence-corrected chi connectivity index (χ1v) is 9.87. The van der Waals surface area contributed by atoms with Gasteiger partial charge in [0.2, 0.25) is 0 Å². The SMILES string of the molecule is CN(CCNC(=O)NCCN(C)Cc1ccc(C#N)cc1)Cc1ccc(C#N)cc1. The van der Waals surface area contributed by atoms with Crippen LogP contribution in [0.1, 0.15) is 22.3 Å². The molecule has 0 aliphatic carbocycles. The zero-order chi connectivity index (χ0) is 21.8. The molecule has 0 spiro atoms. The molecule has 2 aromatic rings. The second-order valence-electron chi connectivity index (χ2n) is 7.28. The maximum Gasteiger partial charge on any atom is 0.314 e. The highest BCUT2D eigenvalue weighted by Gasteiger charge is 2.05. The Kier molecular flexibility index (Phi) is 9.33. The summed E-state index contributed by atoms with van der Waals surface area (Å²) in [4.78, 5) is 16.2. The van der Waals surface area contributed by atoms with Crippen molar-refractivity contribution in [2.75, 3.05) is 40.3 Å². The number of urea groups is 1. The first kappa shape index (κ1) is 22.9. The maximum atomic E-state index is 11.9. The predicted octanol–water partition coefficient (Wildman–Crippen LogP) is 2.29. The lowest BCUT2D eigenvalue weighted by atomic mass is 10.1. The van der Waals surface area contributed by atoms with Gasteiger partial charge in [-0.3, -0.25) is 0 Å². The fraction of sp³-hybridized carbons (Fsp3) is 0.348. The molecule has 0 saturated heterocycles. The molecule has 156 valence electrons. The van der Waals surface area contributed by atoms with Gasteiger partial charge >= 0.3 is 6.03 Å². The lowest BCUT2D eigenvalue weighted by Gasteiger charge is -2.18. The number of carbonyl (C=O) groups is 1. The topological polar surface area (TPSA) is 95.2 Å². The van der Waals surface area contributed by atoms with Gasteiger partial charge in [0.25, 0.3) is 0 Å². The molecule has 30 heavy (non-hydrogen) atoms. The van der Waals surface area contributed by atoms with Crippen LogP contribution in [0.4, 0.5) is 4.79 Å². The van der Waals surface area contributed by atoms with Crippen LogP contribution in [0.15, 0.2) is 48.5 Å². The highest BCUT2D eigenvalue weighted by atomic mass is 16.2. The van der Waals surface area contributed by atoms with Crippen molar-refractivity contribution in [3.8, 4) is 12.1 Å². The van der Waals surface area contributed by atoms with E-state index in [9.17, 15) is 4.79 Å². The quantitative estimate of drug-likeness (QED) is 0.634. The minimum atomic E-state index is -0.173. The molecule has 0 saturated carbocycles. The average Bonchev–Trinajstić information content (AvgIpc) is 2.75. The lowest BCUT2D eigenvalue weighted by Crippen LogP contribution is -2.42. The number of nitrogens with zero attached hydrogens (tertiary/aromatic N) is 4. The molecule has 7 nitrogen and oxygen atoms in total. The van der Waals surface area contributed by atoms with Gasteiger partial charge in [0.15, 0.2) is 0 Å². The Morgan fingerprint density at radius 1 is 0.767 bits per heavy atom. The van der Waals surface area contributed by atoms with Crippen LogP contribution >= 0.6 is 0 Å². The fourth-order valence-electron chi connectivity index (χ4n) is 2.93. The Morgan fingerprint density at radius 3 is 1.47 bits per heavy atom. The van der Waals surface area contributed by atoms with Crippen LogP contribution < -0.4 is 10.6 Å². The number of rotatable bonds is 10. The third kappa shape index (κ3) is 8.32. The van der Waals surface area contributed by atoms with E-state index in [1.54, 1.807) is 0 Å². The Hall–Kier alpha value is -3.39. The minimum Gasteiger partial charge on any atom is -0.337 e. The molecule has 0 heterocycles. The van der Waals surface area contributed by atoms with Crippen molar-refractivity contribution in [2.45, 2.75) is 13.1 Å². The third-order valence-corrected chi connectivity index (χ3v) is 4.63. The van der Waals surface area contributed by atoms with Crippen LogP contribution in [-0.2, 0) is 13.1 Å². The summed E-state index contributed by atoms with van der Waals surface area (Å²) in [6, 6.07) is 19.1. The number of amides is 2. The van der Waals surface area contributed by atoms with Gasteiger partial charge in [-0.2, -0.15) is 10.5 Å². The maximum absolute atomic E-state index is 11.9. The Bertz CT molecular complexity index is 806. The van der Waals surface area contributed by atoms with E-state index in [4.69, 9.17) is 10.5 Å². The number of likely N-dealkylation sites (N-methyl/N-ethyl adjacent to an activating group) is 2. The van der Waals surface area contributed by atoms with Crippen LogP contribution in [0.3, 0.4) is 0 Å². The standard InChI is InChI=1S/C23H28N6O/c1-28(17-21-7-3-19(15-24)4-8-21)13-11-26-23(30)27-12-14-29(2)18-22-9-5-20(16-25)6-10-22/h3-10H,11-14,17-18H2,1-2H3,(H2,26,27,30). The number of nitriles is 2. The van der Waals surface area contributed by atoms with Crippen molar-refractivity contribution in [3.05, 3.63) is 70.8 Å². The van der Waals surface area contributed by atoms with Gasteiger partial charge in [-0.25, -0.2) is 4.79 Å². The summed E-state index contributed by atoms with van der Waals surface area (Å²) in [5.41, 5.74) is 3.57. The van der Waals surface area contributed by atoms with Gasteiger partial charge in [0.1, 0.15) is 0 Å². The van der Waals surface area contributed by atoms with Crippen molar-refractivity contribution < 1.29 is 4.79 Å². The molecule has 0 bridgehead atoms. The van der Waals surface area contributed by atoms with Gasteiger partial charge < -0.3 is 20.4 Å². The Balaban J connectivity index is 1.57. The molecule has 2 aromatic carbocycles. The molecule has 0 atom stereocenters.